The molecule has 1 aromatic carbocycles. The first-order valence-electron chi connectivity index (χ1n) is 9.92. The standard InChI is InChI=1S/C22H29ClN4O2/c1-24-21(25-12-9-17-3-8-20(23)26-15-17)27-16-22(10-13-29-14-11-22)18-4-6-19(28-2)7-5-18/h3-8,15H,9-14,16H2,1-2H3,(H2,24,25,27). The number of nitrogens with one attached hydrogen (secondary N) is 2. The summed E-state index contributed by atoms with van der Waals surface area (Å²) in [6.45, 7) is 3.10. The zero-order valence-electron chi connectivity index (χ0n) is 17.1. The fourth-order valence-electron chi connectivity index (χ4n) is 3.63. The van der Waals surface area contributed by atoms with E-state index in [1.165, 1.54) is 5.56 Å². The smallest absolute Gasteiger partial charge is 0.191 e. The highest BCUT2D eigenvalue weighted by atomic mass is 35.5. The molecule has 2 aromatic rings. The number of nitrogens with zero attached hydrogens (tertiary/aromatic N) is 2. The van der Waals surface area contributed by atoms with Gasteiger partial charge in [-0.3, -0.25) is 4.99 Å². The molecule has 2 N–H and O–H groups in total. The van der Waals surface area contributed by atoms with Gasteiger partial charge >= 0.3 is 0 Å². The van der Waals surface area contributed by atoms with Gasteiger partial charge in [0.05, 0.1) is 7.11 Å². The molecule has 1 aliphatic heterocycles. The Labute approximate surface area is 177 Å². The van der Waals surface area contributed by atoms with Gasteiger partial charge in [-0.2, -0.15) is 0 Å². The average molecular weight is 417 g/mol. The minimum absolute atomic E-state index is 0.0161. The Bertz CT molecular complexity index is 787. The maximum absolute atomic E-state index is 5.84. The third kappa shape index (κ3) is 5.84. The van der Waals surface area contributed by atoms with Crippen molar-refractivity contribution >= 4 is 17.6 Å². The van der Waals surface area contributed by atoms with Crippen molar-refractivity contribution in [3.05, 3.63) is 58.9 Å². The molecule has 2 heterocycles. The number of guanidine groups is 1. The summed E-state index contributed by atoms with van der Waals surface area (Å²) in [7, 11) is 3.49. The summed E-state index contributed by atoms with van der Waals surface area (Å²) in [5.41, 5.74) is 2.45. The van der Waals surface area contributed by atoms with E-state index in [0.717, 1.165) is 62.8 Å². The second-order valence-corrected chi connectivity index (χ2v) is 7.60. The summed E-state index contributed by atoms with van der Waals surface area (Å²) in [5, 5.41) is 7.42. The fourth-order valence-corrected chi connectivity index (χ4v) is 3.74. The summed E-state index contributed by atoms with van der Waals surface area (Å²) in [5.74, 6) is 1.67. The molecule has 6 nitrogen and oxygen atoms in total. The van der Waals surface area contributed by atoms with Gasteiger partial charge in [0.25, 0.3) is 0 Å². The van der Waals surface area contributed by atoms with Crippen LogP contribution in [0.1, 0.15) is 24.0 Å². The first-order valence-corrected chi connectivity index (χ1v) is 10.3. The van der Waals surface area contributed by atoms with Gasteiger partial charge in [0.1, 0.15) is 10.9 Å². The molecule has 0 amide bonds. The molecule has 1 fully saturated rings. The van der Waals surface area contributed by atoms with Gasteiger partial charge in [-0.05, 0) is 48.6 Å². The van der Waals surface area contributed by atoms with Crippen molar-refractivity contribution in [3.8, 4) is 5.75 Å². The maximum atomic E-state index is 5.84. The molecule has 0 unspecified atom stereocenters. The molecule has 7 heteroatoms. The van der Waals surface area contributed by atoms with Crippen molar-refractivity contribution in [2.45, 2.75) is 24.7 Å². The molecule has 1 aromatic heterocycles. The molecule has 1 saturated heterocycles. The van der Waals surface area contributed by atoms with Crippen molar-refractivity contribution in [1.82, 2.24) is 15.6 Å². The summed E-state index contributed by atoms with van der Waals surface area (Å²) in [4.78, 5) is 8.50. The second-order valence-electron chi connectivity index (χ2n) is 7.21. The highest BCUT2D eigenvalue weighted by molar-refractivity contribution is 6.29. The number of benzene rings is 1. The van der Waals surface area contributed by atoms with Gasteiger partial charge in [0, 0.05) is 45.0 Å². The fraction of sp³-hybridized carbons (Fsp3) is 0.455. The number of halogens is 1. The van der Waals surface area contributed by atoms with Crippen LogP contribution >= 0.6 is 11.6 Å². The number of ether oxygens (including phenoxy) is 2. The van der Waals surface area contributed by atoms with Crippen LogP contribution in [-0.4, -0.2) is 51.4 Å². The van der Waals surface area contributed by atoms with E-state index in [1.54, 1.807) is 20.4 Å². The molecule has 0 spiro atoms. The third-order valence-corrected chi connectivity index (χ3v) is 5.69. The number of hydrogen-bond acceptors (Lipinski definition) is 4. The normalized spacial score (nSPS) is 16.3. The monoisotopic (exact) mass is 416 g/mol. The summed E-state index contributed by atoms with van der Waals surface area (Å²) in [6.07, 6.45) is 4.60. The lowest BCUT2D eigenvalue weighted by atomic mass is 9.74. The first kappa shape index (κ1) is 21.4. The lowest BCUT2D eigenvalue weighted by molar-refractivity contribution is 0.0513. The number of pyridine rings is 1. The van der Waals surface area contributed by atoms with E-state index in [-0.39, 0.29) is 5.41 Å². The Hall–Kier alpha value is -2.31. The minimum atomic E-state index is 0.0161. The second kappa shape index (κ2) is 10.5. The van der Waals surface area contributed by atoms with E-state index in [4.69, 9.17) is 21.1 Å². The van der Waals surface area contributed by atoms with Crippen molar-refractivity contribution in [3.63, 3.8) is 0 Å². The van der Waals surface area contributed by atoms with Crippen LogP contribution in [0.3, 0.4) is 0 Å². The van der Waals surface area contributed by atoms with Crippen molar-refractivity contribution in [1.29, 1.82) is 0 Å². The Kier molecular flexibility index (Phi) is 7.72. The molecule has 1 aliphatic rings. The van der Waals surface area contributed by atoms with Crippen molar-refractivity contribution in [2.24, 2.45) is 4.99 Å². The van der Waals surface area contributed by atoms with E-state index >= 15 is 0 Å². The molecule has 0 saturated carbocycles. The van der Waals surface area contributed by atoms with Crippen LogP contribution in [0.4, 0.5) is 0 Å². The average Bonchev–Trinajstić information content (AvgIpc) is 2.78. The van der Waals surface area contributed by atoms with E-state index in [2.05, 4.69) is 32.7 Å². The highest BCUT2D eigenvalue weighted by Gasteiger charge is 2.34. The molecule has 29 heavy (non-hydrogen) atoms. The maximum Gasteiger partial charge on any atom is 0.191 e. The van der Waals surface area contributed by atoms with Crippen LogP contribution < -0.4 is 15.4 Å². The molecule has 0 atom stereocenters. The molecule has 0 bridgehead atoms. The van der Waals surface area contributed by atoms with Gasteiger partial charge in [-0.15, -0.1) is 0 Å². The molecule has 0 aliphatic carbocycles. The highest BCUT2D eigenvalue weighted by Crippen LogP contribution is 2.35. The Morgan fingerprint density at radius 1 is 1.17 bits per heavy atom. The minimum Gasteiger partial charge on any atom is -0.497 e. The van der Waals surface area contributed by atoms with Crippen LogP contribution in [0.5, 0.6) is 5.75 Å². The number of aromatic nitrogens is 1. The zero-order chi connectivity index (χ0) is 20.5. The van der Waals surface area contributed by atoms with Crippen LogP contribution in [0.15, 0.2) is 47.6 Å². The molecule has 156 valence electrons. The van der Waals surface area contributed by atoms with Crippen LogP contribution in [0.2, 0.25) is 5.15 Å². The Morgan fingerprint density at radius 3 is 2.55 bits per heavy atom. The summed E-state index contributed by atoms with van der Waals surface area (Å²) >= 11 is 5.84. The van der Waals surface area contributed by atoms with E-state index < -0.39 is 0 Å². The Morgan fingerprint density at radius 2 is 1.93 bits per heavy atom. The molecular formula is C22H29ClN4O2. The number of rotatable bonds is 7. The van der Waals surface area contributed by atoms with Gasteiger partial charge in [0.2, 0.25) is 0 Å². The molecule has 0 radical (unpaired) electrons. The SMILES string of the molecule is CN=C(NCCc1ccc(Cl)nc1)NCC1(c2ccc(OC)cc2)CCOCC1. The van der Waals surface area contributed by atoms with Gasteiger partial charge in [-0.1, -0.05) is 29.8 Å². The van der Waals surface area contributed by atoms with E-state index in [9.17, 15) is 0 Å². The number of aliphatic imine (C=N–C) groups is 1. The Balaban J connectivity index is 1.59. The van der Waals surface area contributed by atoms with Crippen LogP contribution in [0.25, 0.3) is 0 Å². The zero-order valence-corrected chi connectivity index (χ0v) is 17.8. The predicted octanol–water partition coefficient (Wildman–Crippen LogP) is 3.20. The molecular weight excluding hydrogens is 388 g/mol. The van der Waals surface area contributed by atoms with Gasteiger partial charge < -0.3 is 20.1 Å². The van der Waals surface area contributed by atoms with Crippen molar-refractivity contribution in [2.75, 3.05) is 40.5 Å². The predicted molar refractivity (Wildman–Crippen MR) is 117 cm³/mol. The molecule has 3 rings (SSSR count). The lowest BCUT2D eigenvalue weighted by Gasteiger charge is -2.38. The number of methoxy groups -OCH3 is 1. The van der Waals surface area contributed by atoms with Gasteiger partial charge in [-0.25, -0.2) is 4.98 Å². The van der Waals surface area contributed by atoms with Crippen molar-refractivity contribution < 1.29 is 9.47 Å². The van der Waals surface area contributed by atoms with Gasteiger partial charge in [0.15, 0.2) is 5.96 Å². The largest absolute Gasteiger partial charge is 0.497 e. The van der Waals surface area contributed by atoms with Crippen LogP contribution in [-0.2, 0) is 16.6 Å². The van der Waals surface area contributed by atoms with E-state index in [0.29, 0.717) is 5.15 Å². The summed E-state index contributed by atoms with van der Waals surface area (Å²) < 4.78 is 10.9. The van der Waals surface area contributed by atoms with E-state index in [1.807, 2.05) is 24.3 Å². The van der Waals surface area contributed by atoms with Crippen LogP contribution in [0, 0.1) is 0 Å². The number of hydrogen-bond donors (Lipinski definition) is 2. The first-order chi connectivity index (χ1) is 14.1. The quantitative estimate of drug-likeness (QED) is 0.412. The third-order valence-electron chi connectivity index (χ3n) is 5.46. The topological polar surface area (TPSA) is 67.8 Å². The lowest BCUT2D eigenvalue weighted by Crippen LogP contribution is -2.48. The summed E-state index contributed by atoms with van der Waals surface area (Å²) in [6, 6.07) is 12.2.